The zero-order valence-electron chi connectivity index (χ0n) is 27.6. The highest BCUT2D eigenvalue weighted by molar-refractivity contribution is 6.19. The van der Waals surface area contributed by atoms with Gasteiger partial charge in [-0.05, 0) is 59.4 Å². The minimum absolute atomic E-state index is 0.0208. The van der Waals surface area contributed by atoms with Gasteiger partial charge in [0.1, 0.15) is 24.7 Å². The number of hydrogen-bond donors (Lipinski definition) is 0. The lowest BCUT2D eigenvalue weighted by Crippen LogP contribution is -2.35. The molecule has 0 aliphatic heterocycles. The van der Waals surface area contributed by atoms with E-state index in [9.17, 15) is 9.59 Å². The van der Waals surface area contributed by atoms with E-state index in [0.717, 1.165) is 29.7 Å². The van der Waals surface area contributed by atoms with Crippen molar-refractivity contribution in [3.8, 4) is 5.75 Å². The third kappa shape index (κ3) is 9.37. The smallest absolute Gasteiger partial charge is 0.341 e. The van der Waals surface area contributed by atoms with Gasteiger partial charge in [0.2, 0.25) is 0 Å². The second-order valence-electron chi connectivity index (χ2n) is 12.5. The second-order valence-corrected chi connectivity index (χ2v) is 12.5. The predicted octanol–water partition coefficient (Wildman–Crippen LogP) is 7.66. The molecule has 0 amide bonds. The molecule has 0 unspecified atom stereocenters. The van der Waals surface area contributed by atoms with Crippen molar-refractivity contribution in [1.29, 1.82) is 0 Å². The predicted molar refractivity (Wildman–Crippen MR) is 172 cm³/mol. The van der Waals surface area contributed by atoms with Gasteiger partial charge in [0.05, 0.1) is 19.3 Å². The molecular formula is C37H50O7. The van der Waals surface area contributed by atoms with Gasteiger partial charge in [-0.2, -0.15) is 0 Å². The Morgan fingerprint density at radius 3 is 2.41 bits per heavy atom. The van der Waals surface area contributed by atoms with E-state index in [1.54, 1.807) is 14.2 Å². The summed E-state index contributed by atoms with van der Waals surface area (Å²) < 4.78 is 28.4. The molecule has 0 bridgehead atoms. The molecule has 0 aromatic heterocycles. The van der Waals surface area contributed by atoms with Gasteiger partial charge in [-0.3, -0.25) is 4.79 Å². The SMILES string of the molecule is COCO[C@@H]([C@@H](C)/C=C\C1=C(C(=O)OC)C(=O)[C@H](C)CC1(C)C)[C@@H](C)CC[C@H](OC)c1cccc(OCc2ccccc2)c1. The van der Waals surface area contributed by atoms with Gasteiger partial charge in [-0.25, -0.2) is 4.79 Å². The van der Waals surface area contributed by atoms with Gasteiger partial charge in [0.25, 0.3) is 0 Å². The Labute approximate surface area is 263 Å². The summed E-state index contributed by atoms with van der Waals surface area (Å²) >= 11 is 0. The molecule has 0 heterocycles. The van der Waals surface area contributed by atoms with Crippen LogP contribution < -0.4 is 4.74 Å². The molecule has 0 saturated carbocycles. The van der Waals surface area contributed by atoms with Crippen LogP contribution in [0.15, 0.2) is 77.9 Å². The monoisotopic (exact) mass is 606 g/mol. The number of carbonyl (C=O) groups excluding carboxylic acids is 2. The zero-order chi connectivity index (χ0) is 32.3. The first-order valence-electron chi connectivity index (χ1n) is 15.5. The summed E-state index contributed by atoms with van der Waals surface area (Å²) in [5.41, 5.74) is 2.69. The van der Waals surface area contributed by atoms with E-state index in [4.69, 9.17) is 23.7 Å². The van der Waals surface area contributed by atoms with Crippen LogP contribution in [0.2, 0.25) is 0 Å². The molecule has 7 nitrogen and oxygen atoms in total. The molecule has 0 spiro atoms. The summed E-state index contributed by atoms with van der Waals surface area (Å²) in [5, 5.41) is 0. The second kappa shape index (κ2) is 16.7. The lowest BCUT2D eigenvalue weighted by atomic mass is 9.67. The largest absolute Gasteiger partial charge is 0.489 e. The first kappa shape index (κ1) is 35.2. The maximum absolute atomic E-state index is 13.0. The topological polar surface area (TPSA) is 80.3 Å². The number of hydrogen-bond acceptors (Lipinski definition) is 7. The molecule has 0 N–H and O–H groups in total. The number of ether oxygens (including phenoxy) is 5. The molecule has 0 fully saturated rings. The van der Waals surface area contributed by atoms with Gasteiger partial charge >= 0.3 is 5.97 Å². The van der Waals surface area contributed by atoms with Crippen molar-refractivity contribution in [2.24, 2.45) is 23.2 Å². The van der Waals surface area contributed by atoms with Crippen LogP contribution in [0, 0.1) is 23.2 Å². The fourth-order valence-electron chi connectivity index (χ4n) is 6.19. The van der Waals surface area contributed by atoms with E-state index in [-0.39, 0.29) is 53.5 Å². The van der Waals surface area contributed by atoms with Crippen LogP contribution in [0.3, 0.4) is 0 Å². The highest BCUT2D eigenvalue weighted by Crippen LogP contribution is 2.43. The Kier molecular flexibility index (Phi) is 13.4. The number of rotatable bonds is 16. The van der Waals surface area contributed by atoms with Crippen molar-refractivity contribution >= 4 is 11.8 Å². The average molecular weight is 607 g/mol. The quantitative estimate of drug-likeness (QED) is 0.110. The van der Waals surface area contributed by atoms with E-state index < -0.39 is 5.97 Å². The number of carbonyl (C=O) groups is 2. The van der Waals surface area contributed by atoms with Crippen LogP contribution >= 0.6 is 0 Å². The molecule has 0 saturated heterocycles. The Morgan fingerprint density at radius 2 is 1.75 bits per heavy atom. The Hall–Kier alpha value is -3.26. The van der Waals surface area contributed by atoms with Crippen molar-refractivity contribution in [3.05, 3.63) is 89.0 Å². The van der Waals surface area contributed by atoms with Gasteiger partial charge in [-0.1, -0.05) is 89.2 Å². The Bertz CT molecular complexity index is 1280. The first-order chi connectivity index (χ1) is 21.0. The zero-order valence-corrected chi connectivity index (χ0v) is 27.6. The van der Waals surface area contributed by atoms with Crippen molar-refractivity contribution in [2.45, 2.75) is 72.7 Å². The third-order valence-corrected chi connectivity index (χ3v) is 8.57. The van der Waals surface area contributed by atoms with Gasteiger partial charge in [0.15, 0.2) is 5.78 Å². The van der Waals surface area contributed by atoms with Crippen LogP contribution in [0.5, 0.6) is 5.75 Å². The number of benzene rings is 2. The lowest BCUT2D eigenvalue weighted by molar-refractivity contribution is -0.139. The van der Waals surface area contributed by atoms with E-state index >= 15 is 0 Å². The molecule has 7 heteroatoms. The van der Waals surface area contributed by atoms with Crippen molar-refractivity contribution in [1.82, 2.24) is 0 Å². The fourth-order valence-corrected chi connectivity index (χ4v) is 6.19. The molecule has 1 aliphatic rings. The average Bonchev–Trinajstić information content (AvgIpc) is 3.01. The summed E-state index contributed by atoms with van der Waals surface area (Å²) in [5.74, 6) is -0.0358. The van der Waals surface area contributed by atoms with Crippen LogP contribution in [0.25, 0.3) is 0 Å². The molecule has 240 valence electrons. The summed E-state index contributed by atoms with van der Waals surface area (Å²) in [6.45, 7) is 10.9. The number of esters is 1. The van der Waals surface area contributed by atoms with Crippen molar-refractivity contribution in [2.75, 3.05) is 28.1 Å². The van der Waals surface area contributed by atoms with Gasteiger partial charge in [0, 0.05) is 26.1 Å². The van der Waals surface area contributed by atoms with Crippen LogP contribution in [0.1, 0.15) is 71.1 Å². The summed E-state index contributed by atoms with van der Waals surface area (Å²) in [6, 6.07) is 18.2. The third-order valence-electron chi connectivity index (χ3n) is 8.57. The van der Waals surface area contributed by atoms with Crippen molar-refractivity contribution < 1.29 is 33.3 Å². The molecular weight excluding hydrogens is 556 g/mol. The molecule has 1 aliphatic carbocycles. The Balaban J connectivity index is 1.73. The van der Waals surface area contributed by atoms with Crippen LogP contribution in [0.4, 0.5) is 0 Å². The highest BCUT2D eigenvalue weighted by atomic mass is 16.7. The molecule has 3 rings (SSSR count). The van der Waals surface area contributed by atoms with E-state index in [0.29, 0.717) is 18.6 Å². The summed E-state index contributed by atoms with van der Waals surface area (Å²) in [6.07, 6.45) is 6.01. The minimum atomic E-state index is -0.581. The number of Topliss-reactive ketones (excluding diaryl/α,β-unsaturated/α-hetero) is 1. The summed E-state index contributed by atoms with van der Waals surface area (Å²) in [4.78, 5) is 25.7. The van der Waals surface area contributed by atoms with Crippen LogP contribution in [-0.2, 0) is 35.1 Å². The van der Waals surface area contributed by atoms with Crippen LogP contribution in [-0.4, -0.2) is 46.0 Å². The number of ketones is 1. The molecule has 2 aromatic rings. The number of methoxy groups -OCH3 is 3. The van der Waals surface area contributed by atoms with E-state index in [1.807, 2.05) is 67.6 Å². The summed E-state index contributed by atoms with van der Waals surface area (Å²) in [7, 11) is 4.66. The lowest BCUT2D eigenvalue weighted by Gasteiger charge is -2.36. The van der Waals surface area contributed by atoms with Crippen molar-refractivity contribution in [3.63, 3.8) is 0 Å². The maximum Gasteiger partial charge on any atom is 0.341 e. The van der Waals surface area contributed by atoms with Gasteiger partial charge < -0.3 is 23.7 Å². The minimum Gasteiger partial charge on any atom is -0.489 e. The number of allylic oxidation sites excluding steroid dienone is 2. The molecule has 5 atom stereocenters. The first-order valence-corrected chi connectivity index (χ1v) is 15.5. The van der Waals surface area contributed by atoms with E-state index in [2.05, 4.69) is 33.8 Å². The molecule has 44 heavy (non-hydrogen) atoms. The molecule has 0 radical (unpaired) electrons. The maximum atomic E-state index is 13.0. The highest BCUT2D eigenvalue weighted by Gasteiger charge is 2.40. The standard InChI is InChI=1S/C37H50O7/c1-25(17-19-31-33(36(39)42-8)34(38)27(3)22-37(31,4)5)35(44-24-40-6)26(2)18-20-32(41-7)29-15-12-16-30(21-29)43-23-28-13-10-9-11-14-28/h9-17,19,21,25-27,32,35H,18,20,22-24H2,1-8H3/b19-17-/t25-,26-,27+,32-,35-/m0/s1. The molecule has 2 aromatic carbocycles. The Morgan fingerprint density at radius 1 is 1.02 bits per heavy atom. The van der Waals surface area contributed by atoms with Gasteiger partial charge in [-0.15, -0.1) is 0 Å². The fraction of sp³-hybridized carbons (Fsp3) is 0.514. The van der Waals surface area contributed by atoms with E-state index in [1.165, 1.54) is 7.11 Å². The normalized spacial score (nSPS) is 19.5.